The van der Waals surface area contributed by atoms with Crippen LogP contribution in [0.5, 0.6) is 0 Å². The standard InChI is InChI=1S/C11H14F3N3S/c1-3-17(4-2)10-7(9(15)18)5-6-8(16-10)11(12,13)14/h5-6H,3-4H2,1-2H3,(H2,15,18). The fraction of sp³-hybridized carbons (Fsp3) is 0.455. The minimum atomic E-state index is -4.48. The van der Waals surface area contributed by atoms with Gasteiger partial charge in [0.15, 0.2) is 0 Å². The topological polar surface area (TPSA) is 42.2 Å². The van der Waals surface area contributed by atoms with E-state index < -0.39 is 11.9 Å². The third-order valence-corrected chi connectivity index (χ3v) is 2.71. The van der Waals surface area contributed by atoms with Gasteiger partial charge in [-0.15, -0.1) is 0 Å². The van der Waals surface area contributed by atoms with Gasteiger partial charge in [0.1, 0.15) is 16.5 Å². The van der Waals surface area contributed by atoms with Gasteiger partial charge in [-0.05, 0) is 26.0 Å². The molecule has 1 rings (SSSR count). The first-order valence-corrected chi connectivity index (χ1v) is 5.85. The predicted molar refractivity (Wildman–Crippen MR) is 68.7 cm³/mol. The molecule has 1 aromatic rings. The molecule has 100 valence electrons. The summed E-state index contributed by atoms with van der Waals surface area (Å²) in [5.41, 5.74) is 4.93. The molecule has 0 spiro atoms. The van der Waals surface area contributed by atoms with Crippen LogP contribution in [0.2, 0.25) is 0 Å². The molecule has 3 nitrogen and oxygen atoms in total. The number of anilines is 1. The Bertz CT molecular complexity index is 442. The summed E-state index contributed by atoms with van der Waals surface area (Å²) < 4.78 is 37.9. The fourth-order valence-corrected chi connectivity index (χ4v) is 1.72. The van der Waals surface area contributed by atoms with Gasteiger partial charge in [0.05, 0.1) is 5.56 Å². The van der Waals surface area contributed by atoms with Crippen molar-refractivity contribution in [1.29, 1.82) is 0 Å². The zero-order valence-corrected chi connectivity index (χ0v) is 10.9. The number of rotatable bonds is 4. The molecule has 18 heavy (non-hydrogen) atoms. The van der Waals surface area contributed by atoms with Crippen molar-refractivity contribution in [3.63, 3.8) is 0 Å². The zero-order chi connectivity index (χ0) is 13.9. The quantitative estimate of drug-likeness (QED) is 0.859. The molecule has 0 aliphatic carbocycles. The Morgan fingerprint density at radius 2 is 1.89 bits per heavy atom. The highest BCUT2D eigenvalue weighted by Gasteiger charge is 2.33. The van der Waals surface area contributed by atoms with E-state index >= 15 is 0 Å². The van der Waals surface area contributed by atoms with Gasteiger partial charge in [-0.1, -0.05) is 12.2 Å². The Hall–Kier alpha value is -1.37. The first-order chi connectivity index (χ1) is 8.31. The summed E-state index contributed by atoms with van der Waals surface area (Å²) in [7, 11) is 0. The number of thiocarbonyl (C=S) groups is 1. The number of nitrogens with zero attached hydrogens (tertiary/aromatic N) is 2. The van der Waals surface area contributed by atoms with Gasteiger partial charge in [0, 0.05) is 13.1 Å². The normalized spacial score (nSPS) is 11.4. The molecule has 0 aromatic carbocycles. The lowest BCUT2D eigenvalue weighted by molar-refractivity contribution is -0.141. The van der Waals surface area contributed by atoms with E-state index in [1.165, 1.54) is 6.07 Å². The van der Waals surface area contributed by atoms with E-state index in [0.29, 0.717) is 18.7 Å². The summed E-state index contributed by atoms with van der Waals surface area (Å²) in [6.45, 7) is 4.71. The van der Waals surface area contributed by atoms with Crippen LogP contribution in [0.3, 0.4) is 0 Å². The van der Waals surface area contributed by atoms with Gasteiger partial charge >= 0.3 is 6.18 Å². The Morgan fingerprint density at radius 1 is 1.33 bits per heavy atom. The summed E-state index contributed by atoms with van der Waals surface area (Å²) in [5, 5.41) is 0. The third-order valence-electron chi connectivity index (χ3n) is 2.49. The monoisotopic (exact) mass is 277 g/mol. The first-order valence-electron chi connectivity index (χ1n) is 5.44. The maximum atomic E-state index is 12.6. The fourth-order valence-electron chi connectivity index (χ4n) is 1.56. The van der Waals surface area contributed by atoms with Gasteiger partial charge in [-0.3, -0.25) is 0 Å². The highest BCUT2D eigenvalue weighted by molar-refractivity contribution is 7.80. The Labute approximate surface area is 109 Å². The molecule has 2 N–H and O–H groups in total. The average Bonchev–Trinajstić information content (AvgIpc) is 2.29. The van der Waals surface area contributed by atoms with Crippen LogP contribution in [-0.4, -0.2) is 23.1 Å². The van der Waals surface area contributed by atoms with Crippen LogP contribution in [0.1, 0.15) is 25.1 Å². The van der Waals surface area contributed by atoms with Crippen LogP contribution in [0, 0.1) is 0 Å². The molecule has 0 unspecified atom stereocenters. The van der Waals surface area contributed by atoms with Crippen LogP contribution in [0.15, 0.2) is 12.1 Å². The molecule has 0 atom stereocenters. The number of hydrogen-bond donors (Lipinski definition) is 1. The minimum absolute atomic E-state index is 0.0399. The molecular weight excluding hydrogens is 263 g/mol. The van der Waals surface area contributed by atoms with Crippen LogP contribution < -0.4 is 10.6 Å². The highest BCUT2D eigenvalue weighted by atomic mass is 32.1. The molecule has 0 saturated carbocycles. The molecule has 0 amide bonds. The predicted octanol–water partition coefficient (Wildman–Crippen LogP) is 2.58. The number of halogens is 3. The van der Waals surface area contributed by atoms with Crippen molar-refractivity contribution in [2.75, 3.05) is 18.0 Å². The molecule has 0 fully saturated rings. The van der Waals surface area contributed by atoms with Crippen LogP contribution in [0.25, 0.3) is 0 Å². The second-order valence-electron chi connectivity index (χ2n) is 3.60. The molecular formula is C11H14F3N3S. The van der Waals surface area contributed by atoms with Crippen LogP contribution in [0.4, 0.5) is 19.0 Å². The average molecular weight is 277 g/mol. The van der Waals surface area contributed by atoms with Crippen molar-refractivity contribution < 1.29 is 13.2 Å². The van der Waals surface area contributed by atoms with Crippen molar-refractivity contribution in [3.8, 4) is 0 Å². The van der Waals surface area contributed by atoms with E-state index in [4.69, 9.17) is 18.0 Å². The zero-order valence-electron chi connectivity index (χ0n) is 10.1. The lowest BCUT2D eigenvalue weighted by Gasteiger charge is -2.23. The second-order valence-corrected chi connectivity index (χ2v) is 4.04. The van der Waals surface area contributed by atoms with E-state index in [0.717, 1.165) is 6.07 Å². The van der Waals surface area contributed by atoms with E-state index in [1.54, 1.807) is 4.90 Å². The maximum Gasteiger partial charge on any atom is 0.433 e. The van der Waals surface area contributed by atoms with E-state index in [-0.39, 0.29) is 10.8 Å². The number of hydrogen-bond acceptors (Lipinski definition) is 3. The number of aromatic nitrogens is 1. The van der Waals surface area contributed by atoms with Gasteiger partial charge in [-0.2, -0.15) is 13.2 Å². The molecule has 1 heterocycles. The second kappa shape index (κ2) is 5.51. The van der Waals surface area contributed by atoms with Crippen molar-refractivity contribution in [3.05, 3.63) is 23.4 Å². The first kappa shape index (κ1) is 14.7. The number of nitrogens with two attached hydrogens (primary N) is 1. The van der Waals surface area contributed by atoms with Crippen LogP contribution in [-0.2, 0) is 6.18 Å². The summed E-state index contributed by atoms with van der Waals surface area (Å²) in [5.74, 6) is 0.183. The molecule has 1 aromatic heterocycles. The maximum absolute atomic E-state index is 12.6. The molecule has 0 bridgehead atoms. The Morgan fingerprint density at radius 3 is 2.28 bits per heavy atom. The number of pyridine rings is 1. The van der Waals surface area contributed by atoms with E-state index in [1.807, 2.05) is 13.8 Å². The summed E-state index contributed by atoms with van der Waals surface area (Å²) in [6.07, 6.45) is -4.48. The third kappa shape index (κ3) is 3.10. The molecule has 0 aliphatic heterocycles. The summed E-state index contributed by atoms with van der Waals surface area (Å²) in [6, 6.07) is 2.16. The van der Waals surface area contributed by atoms with Gasteiger partial charge in [0.25, 0.3) is 0 Å². The summed E-state index contributed by atoms with van der Waals surface area (Å²) in [4.78, 5) is 5.36. The van der Waals surface area contributed by atoms with Crippen molar-refractivity contribution in [1.82, 2.24) is 4.98 Å². The van der Waals surface area contributed by atoms with Gasteiger partial charge < -0.3 is 10.6 Å². The lowest BCUT2D eigenvalue weighted by Crippen LogP contribution is -2.28. The lowest BCUT2D eigenvalue weighted by atomic mass is 10.2. The Balaban J connectivity index is 3.37. The smallest absolute Gasteiger partial charge is 0.389 e. The van der Waals surface area contributed by atoms with E-state index in [9.17, 15) is 13.2 Å². The molecule has 0 radical (unpaired) electrons. The molecule has 7 heteroatoms. The molecule has 0 saturated heterocycles. The number of alkyl halides is 3. The van der Waals surface area contributed by atoms with Gasteiger partial charge in [0.2, 0.25) is 0 Å². The minimum Gasteiger partial charge on any atom is -0.389 e. The summed E-state index contributed by atoms with van der Waals surface area (Å²) >= 11 is 4.83. The van der Waals surface area contributed by atoms with Crippen molar-refractivity contribution >= 4 is 23.0 Å². The molecule has 0 aliphatic rings. The van der Waals surface area contributed by atoms with Gasteiger partial charge in [-0.25, -0.2) is 4.98 Å². The van der Waals surface area contributed by atoms with Crippen molar-refractivity contribution in [2.45, 2.75) is 20.0 Å². The van der Waals surface area contributed by atoms with Crippen molar-refractivity contribution in [2.24, 2.45) is 5.73 Å². The highest BCUT2D eigenvalue weighted by Crippen LogP contribution is 2.30. The largest absolute Gasteiger partial charge is 0.433 e. The van der Waals surface area contributed by atoms with Crippen LogP contribution >= 0.6 is 12.2 Å². The Kier molecular flexibility index (Phi) is 4.50. The van der Waals surface area contributed by atoms with E-state index in [2.05, 4.69) is 4.98 Å². The SMILES string of the molecule is CCN(CC)c1nc(C(F)(F)F)ccc1C(N)=S.